The largest absolute Gasteiger partial charge is 0.496 e. The number of nitrogens with one attached hydrogen (secondary N) is 2. The van der Waals surface area contributed by atoms with Crippen molar-refractivity contribution in [2.24, 2.45) is 4.99 Å². The van der Waals surface area contributed by atoms with Gasteiger partial charge in [0.25, 0.3) is 0 Å². The Hall–Kier alpha value is -3.28. The van der Waals surface area contributed by atoms with Crippen LogP contribution in [0.4, 0.5) is 5.82 Å². The minimum absolute atomic E-state index is 0.629. The van der Waals surface area contributed by atoms with Gasteiger partial charge in [0.05, 0.1) is 12.6 Å². The zero-order chi connectivity index (χ0) is 19.9. The standard InChI is InChI=1S/C22H27N5O/c1-23-22(24-14-16-9-5-8-12-20(16)28-4)25-15-17-13-21(27(2)3)26-19-11-7-6-10-18(17)19/h5-13H,14-15H2,1-4H3,(H2,23,24,25). The Balaban J connectivity index is 1.73. The summed E-state index contributed by atoms with van der Waals surface area (Å²) < 4.78 is 5.41. The predicted octanol–water partition coefficient (Wildman–Crippen LogP) is 3.17. The molecule has 0 bridgehead atoms. The van der Waals surface area contributed by atoms with Crippen LogP contribution < -0.4 is 20.3 Å². The molecule has 0 aliphatic rings. The van der Waals surface area contributed by atoms with E-state index in [1.165, 1.54) is 5.56 Å². The molecule has 0 atom stereocenters. The van der Waals surface area contributed by atoms with Gasteiger partial charge in [-0.3, -0.25) is 4.99 Å². The molecule has 3 aromatic rings. The van der Waals surface area contributed by atoms with Crippen LogP contribution in [-0.4, -0.2) is 39.2 Å². The molecule has 1 aromatic heterocycles. The van der Waals surface area contributed by atoms with E-state index >= 15 is 0 Å². The normalized spacial score (nSPS) is 11.4. The lowest BCUT2D eigenvalue weighted by Gasteiger charge is -2.17. The van der Waals surface area contributed by atoms with Crippen molar-refractivity contribution in [3.8, 4) is 5.75 Å². The summed E-state index contributed by atoms with van der Waals surface area (Å²) in [6, 6.07) is 18.3. The third-order valence-corrected chi connectivity index (χ3v) is 4.56. The van der Waals surface area contributed by atoms with Gasteiger partial charge in [0.1, 0.15) is 11.6 Å². The Labute approximate surface area is 166 Å². The number of nitrogens with zero attached hydrogens (tertiary/aromatic N) is 3. The number of guanidine groups is 1. The Bertz CT molecular complexity index is 968. The third-order valence-electron chi connectivity index (χ3n) is 4.56. The molecule has 3 rings (SSSR count). The number of rotatable bonds is 6. The molecule has 2 aromatic carbocycles. The molecule has 0 saturated heterocycles. The smallest absolute Gasteiger partial charge is 0.191 e. The highest BCUT2D eigenvalue weighted by Gasteiger charge is 2.08. The fourth-order valence-corrected chi connectivity index (χ4v) is 3.03. The van der Waals surface area contributed by atoms with Crippen molar-refractivity contribution in [1.82, 2.24) is 15.6 Å². The van der Waals surface area contributed by atoms with Crippen molar-refractivity contribution in [1.29, 1.82) is 0 Å². The number of ether oxygens (including phenoxy) is 1. The molecule has 0 unspecified atom stereocenters. The van der Waals surface area contributed by atoms with E-state index in [2.05, 4.69) is 27.8 Å². The first-order valence-electron chi connectivity index (χ1n) is 9.24. The average Bonchev–Trinajstić information content (AvgIpc) is 2.73. The van der Waals surface area contributed by atoms with E-state index in [9.17, 15) is 0 Å². The first-order valence-corrected chi connectivity index (χ1v) is 9.24. The molecule has 6 heteroatoms. The molecule has 0 aliphatic heterocycles. The monoisotopic (exact) mass is 377 g/mol. The molecule has 1 heterocycles. The molecule has 0 fully saturated rings. The Morgan fingerprint density at radius 3 is 2.39 bits per heavy atom. The molecular weight excluding hydrogens is 350 g/mol. The van der Waals surface area contributed by atoms with Gasteiger partial charge in [0.15, 0.2) is 5.96 Å². The summed E-state index contributed by atoms with van der Waals surface area (Å²) in [5.41, 5.74) is 3.24. The molecule has 0 aliphatic carbocycles. The van der Waals surface area contributed by atoms with Gasteiger partial charge in [-0.25, -0.2) is 4.98 Å². The second-order valence-electron chi connectivity index (χ2n) is 6.64. The van der Waals surface area contributed by atoms with E-state index in [4.69, 9.17) is 9.72 Å². The highest BCUT2D eigenvalue weighted by Crippen LogP contribution is 2.22. The number of aliphatic imine (C=N–C) groups is 1. The van der Waals surface area contributed by atoms with Crippen LogP contribution in [0.1, 0.15) is 11.1 Å². The van der Waals surface area contributed by atoms with Gasteiger partial charge in [-0.15, -0.1) is 0 Å². The van der Waals surface area contributed by atoms with Crippen LogP contribution in [0.15, 0.2) is 59.6 Å². The molecule has 146 valence electrons. The van der Waals surface area contributed by atoms with Gasteiger partial charge < -0.3 is 20.3 Å². The third kappa shape index (κ3) is 4.52. The van der Waals surface area contributed by atoms with Crippen molar-refractivity contribution in [3.05, 3.63) is 65.7 Å². The van der Waals surface area contributed by atoms with E-state index in [1.807, 2.05) is 61.5 Å². The van der Waals surface area contributed by atoms with Crippen LogP contribution in [0.3, 0.4) is 0 Å². The molecule has 0 saturated carbocycles. The molecule has 0 spiro atoms. The summed E-state index contributed by atoms with van der Waals surface area (Å²) in [7, 11) is 7.46. The summed E-state index contributed by atoms with van der Waals surface area (Å²) in [4.78, 5) is 11.1. The number of fused-ring (bicyclic) bond motifs is 1. The van der Waals surface area contributed by atoms with Gasteiger partial charge in [0, 0.05) is 45.2 Å². The molecule has 0 radical (unpaired) electrons. The summed E-state index contributed by atoms with van der Waals surface area (Å²) in [6.45, 7) is 1.28. The topological polar surface area (TPSA) is 61.8 Å². The lowest BCUT2D eigenvalue weighted by atomic mass is 10.1. The summed E-state index contributed by atoms with van der Waals surface area (Å²) in [6.07, 6.45) is 0. The van der Waals surface area contributed by atoms with Crippen LogP contribution in [0.2, 0.25) is 0 Å². The van der Waals surface area contributed by atoms with Crippen LogP contribution in [0.25, 0.3) is 10.9 Å². The predicted molar refractivity (Wildman–Crippen MR) is 116 cm³/mol. The summed E-state index contributed by atoms with van der Waals surface area (Å²) >= 11 is 0. The quantitative estimate of drug-likeness (QED) is 0.510. The zero-order valence-electron chi connectivity index (χ0n) is 16.9. The number of benzene rings is 2. The second kappa shape index (κ2) is 9.08. The van der Waals surface area contributed by atoms with E-state index in [0.29, 0.717) is 13.1 Å². The number of aromatic nitrogens is 1. The molecule has 0 amide bonds. The maximum atomic E-state index is 5.41. The van der Waals surface area contributed by atoms with Crippen molar-refractivity contribution in [3.63, 3.8) is 0 Å². The van der Waals surface area contributed by atoms with Gasteiger partial charge in [0.2, 0.25) is 0 Å². The van der Waals surface area contributed by atoms with E-state index in [1.54, 1.807) is 14.2 Å². The van der Waals surface area contributed by atoms with E-state index in [0.717, 1.165) is 34.0 Å². The molecule has 2 N–H and O–H groups in total. The fraction of sp³-hybridized carbons (Fsp3) is 0.273. The van der Waals surface area contributed by atoms with Crippen molar-refractivity contribution in [2.75, 3.05) is 33.2 Å². The number of para-hydroxylation sites is 2. The van der Waals surface area contributed by atoms with Crippen LogP contribution in [0.5, 0.6) is 5.75 Å². The van der Waals surface area contributed by atoms with Crippen LogP contribution in [-0.2, 0) is 13.1 Å². The first-order chi connectivity index (χ1) is 13.6. The van der Waals surface area contributed by atoms with Gasteiger partial charge in [-0.05, 0) is 23.8 Å². The summed E-state index contributed by atoms with van der Waals surface area (Å²) in [5, 5.41) is 7.89. The molecule has 28 heavy (non-hydrogen) atoms. The fourth-order valence-electron chi connectivity index (χ4n) is 3.03. The SMILES string of the molecule is CN=C(NCc1ccccc1OC)NCc1cc(N(C)C)nc2ccccc12. The Kier molecular flexibility index (Phi) is 6.32. The number of anilines is 1. The van der Waals surface area contributed by atoms with Gasteiger partial charge in [-0.2, -0.15) is 0 Å². The average molecular weight is 377 g/mol. The first kappa shape index (κ1) is 19.5. The molecular formula is C22H27N5O. The highest BCUT2D eigenvalue weighted by atomic mass is 16.5. The lowest BCUT2D eigenvalue weighted by Crippen LogP contribution is -2.36. The minimum Gasteiger partial charge on any atom is -0.496 e. The maximum Gasteiger partial charge on any atom is 0.191 e. The van der Waals surface area contributed by atoms with Crippen molar-refractivity contribution >= 4 is 22.7 Å². The lowest BCUT2D eigenvalue weighted by molar-refractivity contribution is 0.409. The van der Waals surface area contributed by atoms with E-state index in [-0.39, 0.29) is 0 Å². The summed E-state index contributed by atoms with van der Waals surface area (Å²) in [5.74, 6) is 2.53. The Morgan fingerprint density at radius 2 is 1.68 bits per heavy atom. The van der Waals surface area contributed by atoms with Crippen molar-refractivity contribution < 1.29 is 4.74 Å². The number of hydrogen-bond acceptors (Lipinski definition) is 4. The Morgan fingerprint density at radius 1 is 1.00 bits per heavy atom. The van der Waals surface area contributed by atoms with Gasteiger partial charge in [-0.1, -0.05) is 36.4 Å². The zero-order valence-corrected chi connectivity index (χ0v) is 16.9. The number of methoxy groups -OCH3 is 1. The van der Waals surface area contributed by atoms with E-state index < -0.39 is 0 Å². The van der Waals surface area contributed by atoms with Crippen LogP contribution >= 0.6 is 0 Å². The number of pyridine rings is 1. The maximum absolute atomic E-state index is 5.41. The van der Waals surface area contributed by atoms with Gasteiger partial charge >= 0.3 is 0 Å². The number of hydrogen-bond donors (Lipinski definition) is 2. The highest BCUT2D eigenvalue weighted by molar-refractivity contribution is 5.85. The minimum atomic E-state index is 0.629. The van der Waals surface area contributed by atoms with Crippen LogP contribution in [0, 0.1) is 0 Å². The van der Waals surface area contributed by atoms with Crippen molar-refractivity contribution in [2.45, 2.75) is 13.1 Å². The second-order valence-corrected chi connectivity index (χ2v) is 6.64. The molecule has 6 nitrogen and oxygen atoms in total.